The summed E-state index contributed by atoms with van der Waals surface area (Å²) in [5.74, 6) is 0.149. The van der Waals surface area contributed by atoms with Gasteiger partial charge in [0.1, 0.15) is 0 Å². The van der Waals surface area contributed by atoms with E-state index < -0.39 is 0 Å². The first kappa shape index (κ1) is 12.2. The summed E-state index contributed by atoms with van der Waals surface area (Å²) >= 11 is 2.35. The van der Waals surface area contributed by atoms with Crippen LogP contribution in [-0.2, 0) is 4.79 Å². The van der Waals surface area contributed by atoms with Gasteiger partial charge in [0.05, 0.1) is 0 Å². The minimum atomic E-state index is -0.246. The van der Waals surface area contributed by atoms with Crippen LogP contribution in [0.1, 0.15) is 33.6 Å². The molecule has 0 spiro atoms. The van der Waals surface area contributed by atoms with Crippen molar-refractivity contribution in [3.05, 3.63) is 0 Å². The van der Waals surface area contributed by atoms with E-state index in [1.165, 1.54) is 10.8 Å². The van der Waals surface area contributed by atoms with Gasteiger partial charge in [-0.1, -0.05) is 43.4 Å². The predicted molar refractivity (Wildman–Crippen MR) is 60.6 cm³/mol. The van der Waals surface area contributed by atoms with E-state index in [0.717, 1.165) is 13.0 Å². The standard InChI is InChI=1S/C9H18INO/c1-9(2,3)8(12)11-7-5-4-6-10/h4-7H2,1-3H3,(H,11,12). The van der Waals surface area contributed by atoms with Crippen molar-refractivity contribution in [2.24, 2.45) is 5.41 Å². The maximum atomic E-state index is 11.3. The van der Waals surface area contributed by atoms with E-state index in [9.17, 15) is 4.79 Å². The van der Waals surface area contributed by atoms with Gasteiger partial charge < -0.3 is 5.32 Å². The van der Waals surface area contributed by atoms with Crippen LogP contribution in [0.15, 0.2) is 0 Å². The van der Waals surface area contributed by atoms with Crippen LogP contribution in [0.3, 0.4) is 0 Å². The number of nitrogens with one attached hydrogen (secondary N) is 1. The summed E-state index contributed by atoms with van der Waals surface area (Å²) in [6.07, 6.45) is 2.27. The third-order valence-corrected chi connectivity index (χ3v) is 2.29. The molecule has 0 saturated carbocycles. The molecule has 3 heteroatoms. The highest BCUT2D eigenvalue weighted by Crippen LogP contribution is 2.12. The van der Waals surface area contributed by atoms with Crippen LogP contribution in [0.4, 0.5) is 0 Å². The van der Waals surface area contributed by atoms with Gasteiger partial charge in [-0.15, -0.1) is 0 Å². The van der Waals surface area contributed by atoms with Crippen molar-refractivity contribution in [3.63, 3.8) is 0 Å². The molecule has 0 atom stereocenters. The highest BCUT2D eigenvalue weighted by atomic mass is 127. The highest BCUT2D eigenvalue weighted by Gasteiger charge is 2.19. The van der Waals surface area contributed by atoms with Crippen molar-refractivity contribution < 1.29 is 4.79 Å². The molecular weight excluding hydrogens is 265 g/mol. The predicted octanol–water partition coefficient (Wildman–Crippen LogP) is 2.36. The molecule has 0 aromatic heterocycles. The number of hydrogen-bond donors (Lipinski definition) is 1. The maximum absolute atomic E-state index is 11.3. The van der Waals surface area contributed by atoms with Crippen molar-refractivity contribution in [3.8, 4) is 0 Å². The Kier molecular flexibility index (Phi) is 5.88. The average Bonchev–Trinajstić information content (AvgIpc) is 1.96. The van der Waals surface area contributed by atoms with E-state index in [0.29, 0.717) is 0 Å². The molecule has 0 aromatic carbocycles. The SMILES string of the molecule is CC(C)(C)C(=O)NCCCCI. The van der Waals surface area contributed by atoms with E-state index in [2.05, 4.69) is 27.9 Å². The Labute approximate surface area is 88.6 Å². The topological polar surface area (TPSA) is 29.1 Å². The molecule has 0 fully saturated rings. The van der Waals surface area contributed by atoms with Gasteiger partial charge in [0.2, 0.25) is 5.91 Å². The lowest BCUT2D eigenvalue weighted by Crippen LogP contribution is -2.35. The van der Waals surface area contributed by atoms with Gasteiger partial charge in [0.15, 0.2) is 0 Å². The number of rotatable bonds is 4. The second-order valence-electron chi connectivity index (χ2n) is 3.90. The number of amides is 1. The fourth-order valence-corrected chi connectivity index (χ4v) is 1.23. The fraction of sp³-hybridized carbons (Fsp3) is 0.889. The van der Waals surface area contributed by atoms with Crippen molar-refractivity contribution in [1.82, 2.24) is 5.32 Å². The molecule has 0 radical (unpaired) electrons. The minimum Gasteiger partial charge on any atom is -0.356 e. The average molecular weight is 283 g/mol. The molecule has 0 heterocycles. The van der Waals surface area contributed by atoms with Crippen LogP contribution in [-0.4, -0.2) is 16.9 Å². The molecule has 1 amide bonds. The maximum Gasteiger partial charge on any atom is 0.225 e. The first-order chi connectivity index (χ1) is 5.48. The lowest BCUT2D eigenvalue weighted by atomic mass is 9.96. The third-order valence-electron chi connectivity index (χ3n) is 1.53. The Morgan fingerprint density at radius 2 is 1.92 bits per heavy atom. The molecule has 72 valence electrons. The van der Waals surface area contributed by atoms with Crippen LogP contribution >= 0.6 is 22.6 Å². The summed E-state index contributed by atoms with van der Waals surface area (Å²) in [4.78, 5) is 11.3. The van der Waals surface area contributed by atoms with Crippen LogP contribution in [0.2, 0.25) is 0 Å². The molecule has 0 rings (SSSR count). The highest BCUT2D eigenvalue weighted by molar-refractivity contribution is 14.1. The Morgan fingerprint density at radius 1 is 1.33 bits per heavy atom. The Bertz CT molecular complexity index is 140. The summed E-state index contributed by atoms with van der Waals surface area (Å²) in [7, 11) is 0. The first-order valence-corrected chi connectivity index (χ1v) is 5.85. The van der Waals surface area contributed by atoms with E-state index in [-0.39, 0.29) is 11.3 Å². The van der Waals surface area contributed by atoms with E-state index in [4.69, 9.17) is 0 Å². The first-order valence-electron chi connectivity index (χ1n) is 4.32. The van der Waals surface area contributed by atoms with Gasteiger partial charge >= 0.3 is 0 Å². The van der Waals surface area contributed by atoms with Gasteiger partial charge in [-0.2, -0.15) is 0 Å². The van der Waals surface area contributed by atoms with Crippen molar-refractivity contribution in [2.75, 3.05) is 11.0 Å². The molecule has 0 aliphatic carbocycles. The van der Waals surface area contributed by atoms with Crippen LogP contribution < -0.4 is 5.32 Å². The second-order valence-corrected chi connectivity index (χ2v) is 4.98. The molecule has 0 bridgehead atoms. The van der Waals surface area contributed by atoms with E-state index in [1.54, 1.807) is 0 Å². The summed E-state index contributed by atoms with van der Waals surface area (Å²) in [5, 5.41) is 2.92. The van der Waals surface area contributed by atoms with Crippen LogP contribution in [0, 0.1) is 5.41 Å². The summed E-state index contributed by atoms with van der Waals surface area (Å²) in [6.45, 7) is 6.61. The lowest BCUT2D eigenvalue weighted by Gasteiger charge is -2.17. The van der Waals surface area contributed by atoms with Crippen LogP contribution in [0.5, 0.6) is 0 Å². The van der Waals surface area contributed by atoms with Crippen LogP contribution in [0.25, 0.3) is 0 Å². The molecule has 2 nitrogen and oxygen atoms in total. The number of hydrogen-bond acceptors (Lipinski definition) is 1. The smallest absolute Gasteiger partial charge is 0.225 e. The summed E-state index contributed by atoms with van der Waals surface area (Å²) in [6, 6.07) is 0. The molecule has 0 unspecified atom stereocenters. The molecule has 1 N–H and O–H groups in total. The molecule has 0 saturated heterocycles. The molecule has 0 aliphatic rings. The monoisotopic (exact) mass is 283 g/mol. The number of carbonyl (C=O) groups excluding carboxylic acids is 1. The van der Waals surface area contributed by atoms with Gasteiger partial charge in [-0.05, 0) is 17.3 Å². The number of alkyl halides is 1. The van der Waals surface area contributed by atoms with Crippen molar-refractivity contribution >= 4 is 28.5 Å². The number of unbranched alkanes of at least 4 members (excludes halogenated alkanes) is 1. The molecule has 0 aromatic rings. The van der Waals surface area contributed by atoms with E-state index in [1.807, 2.05) is 20.8 Å². The summed E-state index contributed by atoms with van der Waals surface area (Å²) < 4.78 is 1.17. The minimum absolute atomic E-state index is 0.149. The lowest BCUT2D eigenvalue weighted by molar-refractivity contribution is -0.128. The Hall–Kier alpha value is 0.200. The second kappa shape index (κ2) is 5.78. The zero-order valence-corrected chi connectivity index (χ0v) is 10.3. The number of carbonyl (C=O) groups is 1. The quantitative estimate of drug-likeness (QED) is 0.479. The van der Waals surface area contributed by atoms with Crippen molar-refractivity contribution in [2.45, 2.75) is 33.6 Å². The van der Waals surface area contributed by atoms with Gasteiger partial charge in [-0.3, -0.25) is 4.79 Å². The number of halogens is 1. The normalized spacial score (nSPS) is 11.3. The third kappa shape index (κ3) is 5.80. The summed E-state index contributed by atoms with van der Waals surface area (Å²) in [5.41, 5.74) is -0.246. The van der Waals surface area contributed by atoms with Gasteiger partial charge in [-0.25, -0.2) is 0 Å². The van der Waals surface area contributed by atoms with Gasteiger partial charge in [0.25, 0.3) is 0 Å². The Balaban J connectivity index is 3.45. The fourth-order valence-electron chi connectivity index (χ4n) is 0.687. The zero-order chi connectivity index (χ0) is 9.61. The van der Waals surface area contributed by atoms with E-state index >= 15 is 0 Å². The van der Waals surface area contributed by atoms with Gasteiger partial charge in [0, 0.05) is 12.0 Å². The molecular formula is C9H18INO. The largest absolute Gasteiger partial charge is 0.356 e. The van der Waals surface area contributed by atoms with Crippen molar-refractivity contribution in [1.29, 1.82) is 0 Å². The Morgan fingerprint density at radius 3 is 2.33 bits per heavy atom. The zero-order valence-electron chi connectivity index (χ0n) is 8.11. The molecule has 0 aliphatic heterocycles. The molecule has 12 heavy (non-hydrogen) atoms.